The van der Waals surface area contributed by atoms with Crippen molar-refractivity contribution in [3.05, 3.63) is 94.6 Å². The minimum absolute atomic E-state index is 0.0141. The second-order valence-electron chi connectivity index (χ2n) is 8.35. The standard InChI is InChI=1S/C28H25NO6/c1-16-5-6-17(2)23(15-16)26(31)24-25(19-7-11-22(12-8-19)35-18(3)30)29(28(33)27(24)32)20-9-13-21(34-4)14-10-20/h5-15,25,31H,1-4H3/b26-24+. The molecule has 4 rings (SSSR count). The molecule has 1 aliphatic rings. The van der Waals surface area contributed by atoms with E-state index in [1.807, 2.05) is 26.0 Å². The van der Waals surface area contributed by atoms with Gasteiger partial charge in [-0.1, -0.05) is 29.8 Å². The van der Waals surface area contributed by atoms with Crippen molar-refractivity contribution in [2.45, 2.75) is 26.8 Å². The van der Waals surface area contributed by atoms with Crippen LogP contribution in [0, 0.1) is 13.8 Å². The summed E-state index contributed by atoms with van der Waals surface area (Å²) in [5.74, 6) is -1.31. The van der Waals surface area contributed by atoms with E-state index in [1.54, 1.807) is 54.6 Å². The highest BCUT2D eigenvalue weighted by atomic mass is 16.5. The number of rotatable bonds is 5. The quantitative estimate of drug-likeness (QED) is 0.188. The topological polar surface area (TPSA) is 93.1 Å². The Morgan fingerprint density at radius 1 is 0.914 bits per heavy atom. The Labute approximate surface area is 203 Å². The number of Topliss-reactive ketones (excluding diaryl/α,β-unsaturated/α-hetero) is 1. The molecule has 0 bridgehead atoms. The molecule has 1 aliphatic heterocycles. The molecule has 1 heterocycles. The van der Waals surface area contributed by atoms with E-state index >= 15 is 0 Å². The van der Waals surface area contributed by atoms with E-state index in [4.69, 9.17) is 9.47 Å². The number of aliphatic hydroxyl groups excluding tert-OH is 1. The number of amides is 1. The van der Waals surface area contributed by atoms with Gasteiger partial charge in [0.25, 0.3) is 11.7 Å². The second kappa shape index (κ2) is 9.46. The second-order valence-corrected chi connectivity index (χ2v) is 8.35. The number of carbonyl (C=O) groups is 3. The SMILES string of the molecule is COc1ccc(N2C(=O)C(=O)/C(=C(/O)c3cc(C)ccc3C)C2c2ccc(OC(C)=O)cc2)cc1. The molecule has 35 heavy (non-hydrogen) atoms. The lowest BCUT2D eigenvalue weighted by Gasteiger charge is -2.26. The maximum atomic E-state index is 13.3. The molecule has 1 saturated heterocycles. The molecule has 0 aromatic heterocycles. The normalized spacial score (nSPS) is 16.9. The van der Waals surface area contributed by atoms with Gasteiger partial charge in [-0.2, -0.15) is 0 Å². The average molecular weight is 472 g/mol. The van der Waals surface area contributed by atoms with Gasteiger partial charge < -0.3 is 14.6 Å². The summed E-state index contributed by atoms with van der Waals surface area (Å²) in [6.45, 7) is 5.02. The number of aryl methyl sites for hydroxylation is 2. The van der Waals surface area contributed by atoms with E-state index in [-0.39, 0.29) is 11.3 Å². The maximum absolute atomic E-state index is 13.3. The molecular weight excluding hydrogens is 446 g/mol. The van der Waals surface area contributed by atoms with E-state index in [9.17, 15) is 19.5 Å². The van der Waals surface area contributed by atoms with Crippen LogP contribution in [-0.2, 0) is 14.4 Å². The zero-order valence-corrected chi connectivity index (χ0v) is 19.9. The summed E-state index contributed by atoms with van der Waals surface area (Å²) < 4.78 is 10.3. The van der Waals surface area contributed by atoms with Crippen LogP contribution in [0.25, 0.3) is 5.76 Å². The van der Waals surface area contributed by atoms with E-state index < -0.39 is 23.7 Å². The Kier molecular flexibility index (Phi) is 6.42. The number of ketones is 1. The minimum atomic E-state index is -0.894. The number of hydrogen-bond acceptors (Lipinski definition) is 6. The first kappa shape index (κ1) is 23.8. The fourth-order valence-electron chi connectivity index (χ4n) is 4.18. The third-order valence-corrected chi connectivity index (χ3v) is 5.90. The number of nitrogens with zero attached hydrogens (tertiary/aromatic N) is 1. The van der Waals surface area contributed by atoms with E-state index in [0.717, 1.165) is 11.1 Å². The van der Waals surface area contributed by atoms with Crippen molar-refractivity contribution in [1.82, 2.24) is 0 Å². The van der Waals surface area contributed by atoms with Crippen LogP contribution >= 0.6 is 0 Å². The van der Waals surface area contributed by atoms with Gasteiger partial charge in [0.05, 0.1) is 18.7 Å². The zero-order chi connectivity index (χ0) is 25.3. The number of anilines is 1. The molecule has 0 spiro atoms. The Balaban J connectivity index is 1.91. The molecule has 0 radical (unpaired) electrons. The smallest absolute Gasteiger partial charge is 0.308 e. The number of ether oxygens (including phenoxy) is 2. The molecule has 1 fully saturated rings. The molecule has 3 aromatic rings. The number of benzene rings is 3. The molecule has 1 N–H and O–H groups in total. The number of hydrogen-bond donors (Lipinski definition) is 1. The van der Waals surface area contributed by atoms with Gasteiger partial charge >= 0.3 is 5.97 Å². The van der Waals surface area contributed by atoms with Crippen LogP contribution in [0.3, 0.4) is 0 Å². The van der Waals surface area contributed by atoms with Crippen molar-refractivity contribution < 1.29 is 29.0 Å². The summed E-state index contributed by atoms with van der Waals surface area (Å²) in [6.07, 6.45) is 0. The van der Waals surface area contributed by atoms with Crippen molar-refractivity contribution >= 4 is 29.1 Å². The fraction of sp³-hybridized carbons (Fsp3) is 0.179. The highest BCUT2D eigenvalue weighted by molar-refractivity contribution is 6.51. The van der Waals surface area contributed by atoms with E-state index in [2.05, 4.69) is 0 Å². The number of carbonyl (C=O) groups excluding carboxylic acids is 3. The average Bonchev–Trinajstić information content (AvgIpc) is 3.10. The van der Waals surface area contributed by atoms with Crippen molar-refractivity contribution in [2.75, 3.05) is 12.0 Å². The van der Waals surface area contributed by atoms with Gasteiger partial charge in [0.2, 0.25) is 0 Å². The van der Waals surface area contributed by atoms with Crippen molar-refractivity contribution in [3.8, 4) is 11.5 Å². The summed E-state index contributed by atoms with van der Waals surface area (Å²) in [5.41, 5.74) is 3.19. The molecule has 1 amide bonds. The van der Waals surface area contributed by atoms with Crippen LogP contribution in [0.15, 0.2) is 72.3 Å². The lowest BCUT2D eigenvalue weighted by Crippen LogP contribution is -2.29. The lowest BCUT2D eigenvalue weighted by atomic mass is 9.93. The van der Waals surface area contributed by atoms with Gasteiger partial charge in [-0.3, -0.25) is 19.3 Å². The third-order valence-electron chi connectivity index (χ3n) is 5.90. The Bertz CT molecular complexity index is 1340. The summed E-state index contributed by atoms with van der Waals surface area (Å²) in [6, 6.07) is 17.9. The van der Waals surface area contributed by atoms with Crippen LogP contribution in [0.2, 0.25) is 0 Å². The molecule has 0 saturated carbocycles. The highest BCUT2D eigenvalue weighted by Crippen LogP contribution is 2.43. The van der Waals surface area contributed by atoms with E-state index in [1.165, 1.54) is 18.9 Å². The van der Waals surface area contributed by atoms with Gasteiger partial charge in [-0.05, 0) is 67.4 Å². The predicted molar refractivity (Wildman–Crippen MR) is 131 cm³/mol. The first-order chi connectivity index (χ1) is 16.7. The summed E-state index contributed by atoms with van der Waals surface area (Å²) in [7, 11) is 1.54. The first-order valence-corrected chi connectivity index (χ1v) is 11.0. The highest BCUT2D eigenvalue weighted by Gasteiger charge is 2.47. The number of esters is 1. The molecule has 0 aliphatic carbocycles. The third kappa shape index (κ3) is 4.53. The summed E-state index contributed by atoms with van der Waals surface area (Å²) in [5, 5.41) is 11.4. The zero-order valence-electron chi connectivity index (χ0n) is 19.9. The molecule has 1 atom stereocenters. The molecule has 178 valence electrons. The summed E-state index contributed by atoms with van der Waals surface area (Å²) >= 11 is 0. The minimum Gasteiger partial charge on any atom is -0.507 e. The lowest BCUT2D eigenvalue weighted by molar-refractivity contribution is -0.132. The van der Waals surface area contributed by atoms with Crippen LogP contribution < -0.4 is 14.4 Å². The van der Waals surface area contributed by atoms with Gasteiger partial charge in [0.1, 0.15) is 17.3 Å². The Morgan fingerprint density at radius 2 is 1.54 bits per heavy atom. The molecular formula is C28H25NO6. The molecule has 1 unspecified atom stereocenters. The predicted octanol–water partition coefficient (Wildman–Crippen LogP) is 4.86. The van der Waals surface area contributed by atoms with Gasteiger partial charge in [0.15, 0.2) is 0 Å². The van der Waals surface area contributed by atoms with Crippen molar-refractivity contribution in [3.63, 3.8) is 0 Å². The first-order valence-electron chi connectivity index (χ1n) is 11.0. The van der Waals surface area contributed by atoms with Crippen LogP contribution in [0.5, 0.6) is 11.5 Å². The van der Waals surface area contributed by atoms with Gasteiger partial charge in [0, 0.05) is 18.2 Å². The van der Waals surface area contributed by atoms with Gasteiger partial charge in [-0.15, -0.1) is 0 Å². The Morgan fingerprint density at radius 3 is 2.14 bits per heavy atom. The monoisotopic (exact) mass is 471 g/mol. The Hall–Kier alpha value is -4.39. The van der Waals surface area contributed by atoms with E-state index in [0.29, 0.717) is 28.3 Å². The molecule has 7 nitrogen and oxygen atoms in total. The van der Waals surface area contributed by atoms with Crippen molar-refractivity contribution in [2.24, 2.45) is 0 Å². The van der Waals surface area contributed by atoms with Crippen LogP contribution in [0.4, 0.5) is 5.69 Å². The molecule has 7 heteroatoms. The molecule has 3 aromatic carbocycles. The van der Waals surface area contributed by atoms with Crippen LogP contribution in [-0.4, -0.2) is 29.9 Å². The van der Waals surface area contributed by atoms with Crippen molar-refractivity contribution in [1.29, 1.82) is 0 Å². The largest absolute Gasteiger partial charge is 0.507 e. The maximum Gasteiger partial charge on any atom is 0.308 e. The summed E-state index contributed by atoms with van der Waals surface area (Å²) in [4.78, 5) is 39.3. The number of methoxy groups -OCH3 is 1. The fourth-order valence-corrected chi connectivity index (χ4v) is 4.18. The number of aliphatic hydroxyl groups is 1. The van der Waals surface area contributed by atoms with Crippen LogP contribution in [0.1, 0.15) is 35.2 Å². The van der Waals surface area contributed by atoms with Gasteiger partial charge in [-0.25, -0.2) is 0 Å².